The highest BCUT2D eigenvalue weighted by molar-refractivity contribution is 9.09. The second kappa shape index (κ2) is 5.82. The number of amides is 1. The van der Waals surface area contributed by atoms with Gasteiger partial charge in [0.25, 0.3) is 5.91 Å². The standard InChI is InChI=1S/C12H16BrNOS/c13-7-9-3-1-4-10(9)8-14-12(15)11-5-2-6-16-11/h2,5-6,9-10H,1,3-4,7-8H2,(H,14,15). The Morgan fingerprint density at radius 1 is 1.50 bits per heavy atom. The number of rotatable bonds is 4. The Labute approximate surface area is 109 Å². The maximum Gasteiger partial charge on any atom is 0.261 e. The lowest BCUT2D eigenvalue weighted by atomic mass is 9.98. The highest BCUT2D eigenvalue weighted by atomic mass is 79.9. The molecule has 2 rings (SSSR count). The maximum atomic E-state index is 11.7. The Morgan fingerprint density at radius 3 is 3.00 bits per heavy atom. The molecule has 4 heteroatoms. The van der Waals surface area contributed by atoms with Gasteiger partial charge in [-0.1, -0.05) is 28.4 Å². The molecule has 1 amide bonds. The van der Waals surface area contributed by atoms with E-state index in [1.807, 2.05) is 17.5 Å². The molecule has 0 aromatic carbocycles. The fourth-order valence-corrected chi connectivity index (χ4v) is 3.80. The minimum absolute atomic E-state index is 0.0789. The molecule has 1 fully saturated rings. The summed E-state index contributed by atoms with van der Waals surface area (Å²) in [6.07, 6.45) is 3.85. The Kier molecular flexibility index (Phi) is 4.41. The van der Waals surface area contributed by atoms with E-state index in [-0.39, 0.29) is 5.91 Å². The zero-order valence-electron chi connectivity index (χ0n) is 9.12. The zero-order valence-corrected chi connectivity index (χ0v) is 11.5. The van der Waals surface area contributed by atoms with Crippen molar-refractivity contribution in [3.05, 3.63) is 22.4 Å². The molecule has 0 aliphatic heterocycles. The van der Waals surface area contributed by atoms with Gasteiger partial charge in [0.15, 0.2) is 0 Å². The third-order valence-corrected chi connectivity index (χ3v) is 4.98. The van der Waals surface area contributed by atoms with E-state index in [1.165, 1.54) is 30.6 Å². The number of hydrogen-bond donors (Lipinski definition) is 1. The molecule has 1 aliphatic carbocycles. The topological polar surface area (TPSA) is 29.1 Å². The van der Waals surface area contributed by atoms with E-state index in [9.17, 15) is 4.79 Å². The van der Waals surface area contributed by atoms with Gasteiger partial charge in [-0.3, -0.25) is 4.79 Å². The summed E-state index contributed by atoms with van der Waals surface area (Å²) in [5, 5.41) is 6.04. The van der Waals surface area contributed by atoms with Crippen LogP contribution in [0.5, 0.6) is 0 Å². The van der Waals surface area contributed by atoms with Crippen molar-refractivity contribution in [2.45, 2.75) is 19.3 Å². The van der Waals surface area contributed by atoms with Gasteiger partial charge in [-0.15, -0.1) is 11.3 Å². The summed E-state index contributed by atoms with van der Waals surface area (Å²) in [4.78, 5) is 12.6. The van der Waals surface area contributed by atoms with Gasteiger partial charge < -0.3 is 5.32 Å². The third kappa shape index (κ3) is 2.86. The van der Waals surface area contributed by atoms with E-state index in [0.29, 0.717) is 5.92 Å². The highest BCUT2D eigenvalue weighted by Crippen LogP contribution is 2.32. The first-order valence-corrected chi connectivity index (χ1v) is 7.69. The molecular weight excluding hydrogens is 286 g/mol. The van der Waals surface area contributed by atoms with Crippen LogP contribution >= 0.6 is 27.3 Å². The summed E-state index contributed by atoms with van der Waals surface area (Å²) < 4.78 is 0. The van der Waals surface area contributed by atoms with Gasteiger partial charge in [-0.05, 0) is 36.1 Å². The van der Waals surface area contributed by atoms with Crippen LogP contribution in [-0.2, 0) is 0 Å². The molecule has 2 atom stereocenters. The van der Waals surface area contributed by atoms with Gasteiger partial charge >= 0.3 is 0 Å². The summed E-state index contributed by atoms with van der Waals surface area (Å²) in [7, 11) is 0. The molecule has 0 spiro atoms. The molecule has 2 nitrogen and oxygen atoms in total. The number of alkyl halides is 1. The lowest BCUT2D eigenvalue weighted by Gasteiger charge is -2.17. The molecule has 1 aromatic rings. The van der Waals surface area contributed by atoms with E-state index < -0.39 is 0 Å². The molecule has 1 N–H and O–H groups in total. The predicted octanol–water partition coefficient (Wildman–Crippen LogP) is 3.29. The van der Waals surface area contributed by atoms with Gasteiger partial charge in [0.2, 0.25) is 0 Å². The number of halogens is 1. The van der Waals surface area contributed by atoms with E-state index in [2.05, 4.69) is 21.2 Å². The van der Waals surface area contributed by atoms with Crippen molar-refractivity contribution >= 4 is 33.2 Å². The first-order chi connectivity index (χ1) is 7.81. The maximum absolute atomic E-state index is 11.7. The van der Waals surface area contributed by atoms with Crippen molar-refractivity contribution in [1.29, 1.82) is 0 Å². The number of hydrogen-bond acceptors (Lipinski definition) is 2. The van der Waals surface area contributed by atoms with Crippen LogP contribution in [0, 0.1) is 11.8 Å². The van der Waals surface area contributed by atoms with Gasteiger partial charge in [-0.2, -0.15) is 0 Å². The summed E-state index contributed by atoms with van der Waals surface area (Å²) in [6.45, 7) is 0.826. The highest BCUT2D eigenvalue weighted by Gasteiger charge is 2.26. The molecule has 0 bridgehead atoms. The third-order valence-electron chi connectivity index (χ3n) is 3.28. The molecule has 1 saturated carbocycles. The van der Waals surface area contributed by atoms with E-state index in [4.69, 9.17) is 0 Å². The summed E-state index contributed by atoms with van der Waals surface area (Å²) >= 11 is 5.05. The van der Waals surface area contributed by atoms with Crippen molar-refractivity contribution in [2.24, 2.45) is 11.8 Å². The van der Waals surface area contributed by atoms with Crippen LogP contribution in [0.4, 0.5) is 0 Å². The molecule has 0 radical (unpaired) electrons. The normalized spacial score (nSPS) is 24.6. The van der Waals surface area contributed by atoms with Crippen molar-refractivity contribution < 1.29 is 4.79 Å². The minimum atomic E-state index is 0.0789. The average Bonchev–Trinajstić information content (AvgIpc) is 2.96. The molecule has 16 heavy (non-hydrogen) atoms. The van der Waals surface area contributed by atoms with Crippen LogP contribution in [0.1, 0.15) is 28.9 Å². The van der Waals surface area contributed by atoms with Crippen LogP contribution in [0.15, 0.2) is 17.5 Å². The van der Waals surface area contributed by atoms with Crippen LogP contribution in [-0.4, -0.2) is 17.8 Å². The Morgan fingerprint density at radius 2 is 2.31 bits per heavy atom. The average molecular weight is 302 g/mol. The number of carbonyl (C=O) groups is 1. The Balaban J connectivity index is 1.81. The first-order valence-electron chi connectivity index (χ1n) is 5.69. The van der Waals surface area contributed by atoms with Crippen molar-refractivity contribution in [1.82, 2.24) is 5.32 Å². The molecular formula is C12H16BrNOS. The monoisotopic (exact) mass is 301 g/mol. The smallest absolute Gasteiger partial charge is 0.261 e. The van der Waals surface area contributed by atoms with E-state index in [0.717, 1.165) is 22.7 Å². The molecule has 2 unspecified atom stereocenters. The molecule has 1 aromatic heterocycles. The Hall–Kier alpha value is -0.350. The fourth-order valence-electron chi connectivity index (χ4n) is 2.30. The first kappa shape index (κ1) is 12.1. The van der Waals surface area contributed by atoms with Gasteiger partial charge in [-0.25, -0.2) is 0 Å². The van der Waals surface area contributed by atoms with Crippen LogP contribution in [0.3, 0.4) is 0 Å². The van der Waals surface area contributed by atoms with Crippen LogP contribution < -0.4 is 5.32 Å². The van der Waals surface area contributed by atoms with Gasteiger partial charge in [0.1, 0.15) is 0 Å². The number of thiophene rings is 1. The lowest BCUT2D eigenvalue weighted by molar-refractivity contribution is 0.0949. The molecule has 88 valence electrons. The number of carbonyl (C=O) groups excluding carboxylic acids is 1. The zero-order chi connectivity index (χ0) is 11.4. The second-order valence-electron chi connectivity index (χ2n) is 4.29. The minimum Gasteiger partial charge on any atom is -0.351 e. The lowest BCUT2D eigenvalue weighted by Crippen LogP contribution is -2.30. The van der Waals surface area contributed by atoms with E-state index in [1.54, 1.807) is 0 Å². The molecule has 0 saturated heterocycles. The van der Waals surface area contributed by atoms with Crippen LogP contribution in [0.2, 0.25) is 0 Å². The number of nitrogens with one attached hydrogen (secondary N) is 1. The predicted molar refractivity (Wildman–Crippen MR) is 71.3 cm³/mol. The molecule has 1 aliphatic rings. The Bertz CT molecular complexity index is 339. The summed E-state index contributed by atoms with van der Waals surface area (Å²) in [5.41, 5.74) is 0. The van der Waals surface area contributed by atoms with Crippen LogP contribution in [0.25, 0.3) is 0 Å². The van der Waals surface area contributed by atoms with E-state index >= 15 is 0 Å². The second-order valence-corrected chi connectivity index (χ2v) is 5.89. The van der Waals surface area contributed by atoms with Gasteiger partial charge in [0.05, 0.1) is 4.88 Å². The van der Waals surface area contributed by atoms with Crippen molar-refractivity contribution in [2.75, 3.05) is 11.9 Å². The largest absolute Gasteiger partial charge is 0.351 e. The van der Waals surface area contributed by atoms with Gasteiger partial charge in [0, 0.05) is 11.9 Å². The SMILES string of the molecule is O=C(NCC1CCCC1CBr)c1cccs1. The summed E-state index contributed by atoms with van der Waals surface area (Å²) in [5.74, 6) is 1.47. The summed E-state index contributed by atoms with van der Waals surface area (Å²) in [6, 6.07) is 3.78. The quantitative estimate of drug-likeness (QED) is 0.850. The van der Waals surface area contributed by atoms with Crippen molar-refractivity contribution in [3.8, 4) is 0 Å². The van der Waals surface area contributed by atoms with Crippen molar-refractivity contribution in [3.63, 3.8) is 0 Å². The fraction of sp³-hybridized carbons (Fsp3) is 0.583. The molecule has 1 heterocycles.